The summed E-state index contributed by atoms with van der Waals surface area (Å²) in [5, 5.41) is 2.82. The number of carbonyl (C=O) groups excluding carboxylic acids is 3. The van der Waals surface area contributed by atoms with Crippen LogP contribution in [0, 0.1) is 11.7 Å². The van der Waals surface area contributed by atoms with Gasteiger partial charge in [0.05, 0.1) is 30.7 Å². The monoisotopic (exact) mass is 447 g/mol. The molecule has 0 saturated carbocycles. The first kappa shape index (κ1) is 23.7. The van der Waals surface area contributed by atoms with Crippen molar-refractivity contribution in [3.05, 3.63) is 46.9 Å². The molecule has 2 aliphatic rings. The zero-order chi connectivity index (χ0) is 23.3. The Kier molecular flexibility index (Phi) is 7.84. The van der Waals surface area contributed by atoms with Gasteiger partial charge in [-0.2, -0.15) is 0 Å². The molecular formula is C23H30FN3O5. The molecule has 32 heavy (non-hydrogen) atoms. The number of amides is 2. The molecule has 0 aliphatic carbocycles. The van der Waals surface area contributed by atoms with Crippen molar-refractivity contribution in [3.8, 4) is 0 Å². The van der Waals surface area contributed by atoms with E-state index in [0.717, 1.165) is 19.4 Å². The zero-order valence-electron chi connectivity index (χ0n) is 18.7. The minimum Gasteiger partial charge on any atom is -0.466 e. The summed E-state index contributed by atoms with van der Waals surface area (Å²) in [4.78, 5) is 41.4. The molecule has 1 aromatic rings. The van der Waals surface area contributed by atoms with Crippen molar-refractivity contribution in [1.82, 2.24) is 15.1 Å². The van der Waals surface area contributed by atoms with Crippen LogP contribution in [0.1, 0.15) is 38.3 Å². The van der Waals surface area contributed by atoms with Gasteiger partial charge in [-0.05, 0) is 50.9 Å². The number of likely N-dealkylation sites (tertiary alicyclic amines) is 1. The van der Waals surface area contributed by atoms with E-state index in [1.807, 2.05) is 0 Å². The molecule has 174 valence electrons. The maximum atomic E-state index is 13.5. The largest absolute Gasteiger partial charge is 0.466 e. The van der Waals surface area contributed by atoms with E-state index in [0.29, 0.717) is 36.5 Å². The Balaban J connectivity index is 1.95. The summed E-state index contributed by atoms with van der Waals surface area (Å²) in [6.45, 7) is 5.51. The van der Waals surface area contributed by atoms with Crippen LogP contribution in [-0.4, -0.2) is 67.7 Å². The average Bonchev–Trinajstić information content (AvgIpc) is 2.78. The molecule has 0 spiro atoms. The Hall–Kier alpha value is -2.94. The van der Waals surface area contributed by atoms with Crippen LogP contribution in [0.4, 0.5) is 9.18 Å². The predicted octanol–water partition coefficient (Wildman–Crippen LogP) is 2.61. The van der Waals surface area contributed by atoms with Crippen molar-refractivity contribution in [2.75, 3.05) is 39.9 Å². The fourth-order valence-corrected chi connectivity index (χ4v) is 4.17. The molecule has 2 aliphatic heterocycles. The number of piperidine rings is 1. The second kappa shape index (κ2) is 10.6. The Labute approximate surface area is 187 Å². The van der Waals surface area contributed by atoms with Gasteiger partial charge in [0.1, 0.15) is 5.82 Å². The quantitative estimate of drug-likeness (QED) is 0.647. The highest BCUT2D eigenvalue weighted by Gasteiger charge is 2.38. The van der Waals surface area contributed by atoms with Gasteiger partial charge in [0.15, 0.2) is 0 Å². The first-order chi connectivity index (χ1) is 15.3. The van der Waals surface area contributed by atoms with E-state index in [1.165, 1.54) is 17.0 Å². The minimum absolute atomic E-state index is 0.179. The lowest BCUT2D eigenvalue weighted by molar-refractivity contribution is -0.150. The van der Waals surface area contributed by atoms with E-state index >= 15 is 0 Å². The van der Waals surface area contributed by atoms with Gasteiger partial charge in [-0.15, -0.1) is 0 Å². The van der Waals surface area contributed by atoms with Gasteiger partial charge >= 0.3 is 18.0 Å². The Bertz CT molecular complexity index is 886. The van der Waals surface area contributed by atoms with Crippen LogP contribution in [0.3, 0.4) is 0 Å². The molecule has 1 N–H and O–H groups in total. The number of urea groups is 1. The van der Waals surface area contributed by atoms with Gasteiger partial charge in [-0.25, -0.2) is 14.0 Å². The highest BCUT2D eigenvalue weighted by molar-refractivity contribution is 5.95. The van der Waals surface area contributed by atoms with Crippen LogP contribution in [0.15, 0.2) is 35.5 Å². The maximum Gasteiger partial charge on any atom is 0.338 e. The lowest BCUT2D eigenvalue weighted by Crippen LogP contribution is -2.50. The topological polar surface area (TPSA) is 88.2 Å². The van der Waals surface area contributed by atoms with Gasteiger partial charge in [-0.1, -0.05) is 12.1 Å². The molecule has 8 nitrogen and oxygen atoms in total. The van der Waals surface area contributed by atoms with Gasteiger partial charge < -0.3 is 14.8 Å². The molecule has 1 saturated heterocycles. The zero-order valence-corrected chi connectivity index (χ0v) is 18.7. The van der Waals surface area contributed by atoms with Crippen molar-refractivity contribution in [1.29, 1.82) is 0 Å². The lowest BCUT2D eigenvalue weighted by atomic mass is 9.93. The normalized spacial score (nSPS) is 21.9. The number of likely N-dealkylation sites (N-methyl/N-ethyl adjacent to an activating group) is 1. The highest BCUT2D eigenvalue weighted by atomic mass is 19.1. The van der Waals surface area contributed by atoms with E-state index in [4.69, 9.17) is 9.47 Å². The van der Waals surface area contributed by atoms with E-state index in [1.54, 1.807) is 33.0 Å². The second-order valence-corrected chi connectivity index (χ2v) is 7.90. The van der Waals surface area contributed by atoms with Crippen molar-refractivity contribution in [3.63, 3.8) is 0 Å². The van der Waals surface area contributed by atoms with Crippen molar-refractivity contribution < 1.29 is 28.2 Å². The molecule has 3 rings (SSSR count). The Morgan fingerprint density at radius 3 is 2.50 bits per heavy atom. The summed E-state index contributed by atoms with van der Waals surface area (Å²) < 4.78 is 24.0. The number of esters is 2. The van der Waals surface area contributed by atoms with Crippen LogP contribution in [-0.2, 0) is 19.1 Å². The summed E-state index contributed by atoms with van der Waals surface area (Å²) >= 11 is 0. The SMILES string of the molecule is CCOC(=O)C1=C(CN2CCC[C@@H](C(=O)OCC)C2)N(C)C(=O)N[C@@H]1c1ccc(F)cc1. The van der Waals surface area contributed by atoms with Crippen molar-refractivity contribution in [2.45, 2.75) is 32.7 Å². The molecule has 0 radical (unpaired) electrons. The van der Waals surface area contributed by atoms with E-state index < -0.39 is 17.8 Å². The fourth-order valence-electron chi connectivity index (χ4n) is 4.17. The summed E-state index contributed by atoms with van der Waals surface area (Å²) in [6.07, 6.45) is 1.55. The number of ether oxygens (including phenoxy) is 2. The second-order valence-electron chi connectivity index (χ2n) is 7.90. The Morgan fingerprint density at radius 2 is 1.84 bits per heavy atom. The third-order valence-corrected chi connectivity index (χ3v) is 5.77. The van der Waals surface area contributed by atoms with Crippen molar-refractivity contribution in [2.24, 2.45) is 5.92 Å². The summed E-state index contributed by atoms with van der Waals surface area (Å²) in [5.41, 5.74) is 1.39. The average molecular weight is 448 g/mol. The number of hydrogen-bond donors (Lipinski definition) is 1. The third-order valence-electron chi connectivity index (χ3n) is 5.77. The number of nitrogens with one attached hydrogen (secondary N) is 1. The fraction of sp³-hybridized carbons (Fsp3) is 0.522. The molecule has 1 fully saturated rings. The highest BCUT2D eigenvalue weighted by Crippen LogP contribution is 2.32. The van der Waals surface area contributed by atoms with Gasteiger partial charge in [0.25, 0.3) is 0 Å². The van der Waals surface area contributed by atoms with Crippen molar-refractivity contribution >= 4 is 18.0 Å². The van der Waals surface area contributed by atoms with E-state index in [9.17, 15) is 18.8 Å². The third kappa shape index (κ3) is 5.27. The number of nitrogens with zero attached hydrogens (tertiary/aromatic N) is 2. The summed E-state index contributed by atoms with van der Waals surface area (Å²) in [7, 11) is 1.59. The molecule has 2 amide bonds. The van der Waals surface area contributed by atoms with E-state index in [2.05, 4.69) is 10.2 Å². The number of carbonyl (C=O) groups is 3. The smallest absolute Gasteiger partial charge is 0.338 e. The van der Waals surface area contributed by atoms with Gasteiger partial charge in [0.2, 0.25) is 0 Å². The molecule has 0 aromatic heterocycles. The maximum absolute atomic E-state index is 13.5. The van der Waals surface area contributed by atoms with Crippen LogP contribution >= 0.6 is 0 Å². The predicted molar refractivity (Wildman–Crippen MR) is 115 cm³/mol. The van der Waals surface area contributed by atoms with Gasteiger partial charge in [0, 0.05) is 25.8 Å². The molecular weight excluding hydrogens is 417 g/mol. The standard InChI is InChI=1S/C23H30FN3O5/c1-4-31-21(28)16-7-6-12-27(13-16)14-18-19(22(29)32-5-2)20(25-23(30)26(18)3)15-8-10-17(24)11-9-15/h8-11,16,20H,4-7,12-14H2,1-3H3,(H,25,30)/t16-,20-/m1/s1. The van der Waals surface area contributed by atoms with Crippen LogP contribution in [0.25, 0.3) is 0 Å². The first-order valence-electron chi connectivity index (χ1n) is 10.9. The first-order valence-corrected chi connectivity index (χ1v) is 10.9. The summed E-state index contributed by atoms with van der Waals surface area (Å²) in [5.74, 6) is -1.42. The molecule has 0 bridgehead atoms. The molecule has 0 unspecified atom stereocenters. The number of halogens is 1. The molecule has 2 heterocycles. The minimum atomic E-state index is -0.765. The molecule has 9 heteroatoms. The van der Waals surface area contributed by atoms with Gasteiger partial charge in [-0.3, -0.25) is 14.6 Å². The van der Waals surface area contributed by atoms with Crippen LogP contribution < -0.4 is 5.32 Å². The van der Waals surface area contributed by atoms with E-state index in [-0.39, 0.29) is 24.5 Å². The van der Waals surface area contributed by atoms with Crippen LogP contribution in [0.2, 0.25) is 0 Å². The number of rotatable bonds is 7. The molecule has 1 aromatic carbocycles. The number of hydrogen-bond acceptors (Lipinski definition) is 6. The van der Waals surface area contributed by atoms with Crippen LogP contribution in [0.5, 0.6) is 0 Å². The summed E-state index contributed by atoms with van der Waals surface area (Å²) in [6, 6.07) is 4.52. The molecule has 2 atom stereocenters. The Morgan fingerprint density at radius 1 is 1.16 bits per heavy atom. The number of benzene rings is 1. The lowest BCUT2D eigenvalue weighted by Gasteiger charge is -2.38.